The van der Waals surface area contributed by atoms with Crippen molar-refractivity contribution < 1.29 is 10.2 Å². The Morgan fingerprint density at radius 2 is 1.93 bits per heavy atom. The van der Waals surface area contributed by atoms with Crippen molar-refractivity contribution in [2.75, 3.05) is 5.32 Å². The molecule has 2 aromatic heterocycles. The van der Waals surface area contributed by atoms with Crippen molar-refractivity contribution in [3.05, 3.63) is 59.9 Å². The molecule has 28 heavy (non-hydrogen) atoms. The first kappa shape index (κ1) is 18.6. The molecule has 0 bridgehead atoms. The molecule has 0 atom stereocenters. The van der Waals surface area contributed by atoms with Crippen LogP contribution in [0.2, 0.25) is 0 Å². The van der Waals surface area contributed by atoms with Crippen LogP contribution in [0.5, 0.6) is 0 Å². The molecule has 1 aliphatic carbocycles. The van der Waals surface area contributed by atoms with E-state index in [2.05, 4.69) is 26.3 Å². The van der Waals surface area contributed by atoms with Crippen LogP contribution in [-0.4, -0.2) is 35.8 Å². The lowest BCUT2D eigenvalue weighted by atomic mass is 9.81. The van der Waals surface area contributed by atoms with Crippen LogP contribution in [0.3, 0.4) is 0 Å². The zero-order valence-corrected chi connectivity index (χ0v) is 16.1. The molecule has 1 aliphatic rings. The second kappa shape index (κ2) is 7.33. The van der Waals surface area contributed by atoms with Crippen molar-refractivity contribution in [1.82, 2.24) is 19.5 Å². The molecule has 7 heteroatoms. The van der Waals surface area contributed by atoms with Gasteiger partial charge in [-0.3, -0.25) is 0 Å². The Morgan fingerprint density at radius 3 is 2.68 bits per heavy atom. The standard InChI is InChI=1S/C21H25N5O2/c1-14-9-16(25-20-22-8-5-15(2)24-20)11-17(10-14)26-12-19(23-13-26)21(28)6-3-18(27)4-7-21/h5,8-13,18,27-28H,3-4,6-7H2,1-2H3,(H,22,24,25)/t18-,21-. The molecule has 4 rings (SSSR count). The molecule has 2 heterocycles. The van der Waals surface area contributed by atoms with Gasteiger partial charge in [0.2, 0.25) is 5.95 Å². The Bertz CT molecular complexity index is 976. The molecule has 3 aromatic rings. The maximum Gasteiger partial charge on any atom is 0.227 e. The van der Waals surface area contributed by atoms with Crippen LogP contribution in [0.25, 0.3) is 5.69 Å². The van der Waals surface area contributed by atoms with Crippen LogP contribution < -0.4 is 5.32 Å². The molecule has 0 spiro atoms. The minimum Gasteiger partial charge on any atom is -0.393 e. The van der Waals surface area contributed by atoms with Crippen molar-refractivity contribution in [3.63, 3.8) is 0 Å². The summed E-state index contributed by atoms with van der Waals surface area (Å²) in [6, 6.07) is 7.94. The maximum atomic E-state index is 10.9. The van der Waals surface area contributed by atoms with Gasteiger partial charge < -0.3 is 20.1 Å². The fraction of sp³-hybridized carbons (Fsp3) is 0.381. The van der Waals surface area contributed by atoms with Crippen LogP contribution in [-0.2, 0) is 5.60 Å². The number of imidazole rings is 1. The Kier molecular flexibility index (Phi) is 4.87. The summed E-state index contributed by atoms with van der Waals surface area (Å²) >= 11 is 0. The zero-order valence-electron chi connectivity index (χ0n) is 16.1. The van der Waals surface area contributed by atoms with Crippen molar-refractivity contribution in [1.29, 1.82) is 0 Å². The first-order valence-electron chi connectivity index (χ1n) is 9.55. The molecule has 146 valence electrons. The second-order valence-corrected chi connectivity index (χ2v) is 7.63. The molecule has 1 aromatic carbocycles. The second-order valence-electron chi connectivity index (χ2n) is 7.63. The van der Waals surface area contributed by atoms with Crippen LogP contribution >= 0.6 is 0 Å². The van der Waals surface area contributed by atoms with Crippen LogP contribution in [0.4, 0.5) is 11.6 Å². The Balaban J connectivity index is 1.60. The van der Waals surface area contributed by atoms with E-state index < -0.39 is 5.60 Å². The number of aryl methyl sites for hydroxylation is 2. The van der Waals surface area contributed by atoms with Gasteiger partial charge in [-0.15, -0.1) is 0 Å². The maximum absolute atomic E-state index is 10.9. The number of hydrogen-bond donors (Lipinski definition) is 3. The highest BCUT2D eigenvalue weighted by Gasteiger charge is 2.36. The molecule has 1 fully saturated rings. The number of nitrogens with zero attached hydrogens (tertiary/aromatic N) is 4. The number of aliphatic hydroxyl groups excluding tert-OH is 1. The average Bonchev–Trinajstić information content (AvgIpc) is 3.15. The number of rotatable bonds is 4. The summed E-state index contributed by atoms with van der Waals surface area (Å²) < 4.78 is 1.91. The normalized spacial score (nSPS) is 22.2. The predicted octanol–water partition coefficient (Wildman–Crippen LogP) is 3.15. The summed E-state index contributed by atoms with van der Waals surface area (Å²) in [5.41, 5.74) is 3.49. The van der Waals surface area contributed by atoms with Gasteiger partial charge in [-0.1, -0.05) is 0 Å². The first-order valence-corrected chi connectivity index (χ1v) is 9.55. The summed E-state index contributed by atoms with van der Waals surface area (Å²) in [6.45, 7) is 3.95. The molecule has 3 N–H and O–H groups in total. The van der Waals surface area contributed by atoms with E-state index in [4.69, 9.17) is 0 Å². The summed E-state index contributed by atoms with van der Waals surface area (Å²) in [4.78, 5) is 13.1. The van der Waals surface area contributed by atoms with Gasteiger partial charge in [-0.25, -0.2) is 15.0 Å². The van der Waals surface area contributed by atoms with Crippen LogP contribution in [0.15, 0.2) is 43.0 Å². The van der Waals surface area contributed by atoms with E-state index in [1.165, 1.54) is 0 Å². The molecule has 1 saturated carbocycles. The van der Waals surface area contributed by atoms with E-state index >= 15 is 0 Å². The Hall–Kier alpha value is -2.77. The number of anilines is 2. The van der Waals surface area contributed by atoms with E-state index in [1.807, 2.05) is 42.8 Å². The van der Waals surface area contributed by atoms with E-state index in [0.717, 1.165) is 22.6 Å². The largest absolute Gasteiger partial charge is 0.393 e. The van der Waals surface area contributed by atoms with Gasteiger partial charge in [0.15, 0.2) is 0 Å². The van der Waals surface area contributed by atoms with Crippen LogP contribution in [0.1, 0.15) is 42.6 Å². The first-order chi connectivity index (χ1) is 13.4. The van der Waals surface area contributed by atoms with E-state index in [1.54, 1.807) is 12.5 Å². The van der Waals surface area contributed by atoms with Gasteiger partial charge in [0.1, 0.15) is 5.60 Å². The highest BCUT2D eigenvalue weighted by Crippen LogP contribution is 2.36. The third-order valence-electron chi connectivity index (χ3n) is 5.25. The van der Waals surface area contributed by atoms with Crippen LogP contribution in [0, 0.1) is 13.8 Å². The molecular weight excluding hydrogens is 354 g/mol. The Labute approximate surface area is 164 Å². The molecule has 7 nitrogen and oxygen atoms in total. The smallest absolute Gasteiger partial charge is 0.227 e. The minimum absolute atomic E-state index is 0.323. The lowest BCUT2D eigenvalue weighted by Crippen LogP contribution is -2.33. The lowest BCUT2D eigenvalue weighted by molar-refractivity contribution is -0.0389. The number of aromatic nitrogens is 4. The van der Waals surface area contributed by atoms with Gasteiger partial charge in [0.25, 0.3) is 0 Å². The van der Waals surface area contributed by atoms with Crippen molar-refractivity contribution in [2.24, 2.45) is 0 Å². The van der Waals surface area contributed by atoms with E-state index in [9.17, 15) is 10.2 Å². The lowest BCUT2D eigenvalue weighted by Gasteiger charge is -2.32. The third kappa shape index (κ3) is 3.90. The van der Waals surface area contributed by atoms with Gasteiger partial charge in [-0.2, -0.15) is 0 Å². The van der Waals surface area contributed by atoms with E-state index in [-0.39, 0.29) is 6.10 Å². The molecule has 0 radical (unpaired) electrons. The van der Waals surface area contributed by atoms with Crippen molar-refractivity contribution >= 4 is 11.6 Å². The monoisotopic (exact) mass is 379 g/mol. The fourth-order valence-corrected chi connectivity index (χ4v) is 3.66. The molecule has 0 saturated heterocycles. The minimum atomic E-state index is -0.967. The molecule has 0 unspecified atom stereocenters. The molecule has 0 aliphatic heterocycles. The highest BCUT2D eigenvalue weighted by molar-refractivity contribution is 5.59. The fourth-order valence-electron chi connectivity index (χ4n) is 3.66. The highest BCUT2D eigenvalue weighted by atomic mass is 16.3. The van der Waals surface area contributed by atoms with Gasteiger partial charge in [-0.05, 0) is 69.4 Å². The quantitative estimate of drug-likeness (QED) is 0.644. The molecule has 0 amide bonds. The number of nitrogens with one attached hydrogen (secondary N) is 1. The SMILES string of the molecule is Cc1cc(Nc2nccc(C)n2)cc(-n2cnc([C@]3(O)CC[C@H](O)CC3)c2)c1. The molecular formula is C21H25N5O2. The summed E-state index contributed by atoms with van der Waals surface area (Å²) in [6.07, 6.45) is 7.24. The summed E-state index contributed by atoms with van der Waals surface area (Å²) in [5, 5.41) is 23.9. The predicted molar refractivity (Wildman–Crippen MR) is 107 cm³/mol. The Morgan fingerprint density at radius 1 is 1.14 bits per heavy atom. The topological polar surface area (TPSA) is 96.1 Å². The van der Waals surface area contributed by atoms with Crippen molar-refractivity contribution in [3.8, 4) is 5.69 Å². The number of hydrogen-bond acceptors (Lipinski definition) is 6. The number of benzene rings is 1. The van der Waals surface area contributed by atoms with Gasteiger partial charge in [0.05, 0.1) is 18.1 Å². The zero-order chi connectivity index (χ0) is 19.7. The summed E-state index contributed by atoms with van der Waals surface area (Å²) in [7, 11) is 0. The summed E-state index contributed by atoms with van der Waals surface area (Å²) in [5.74, 6) is 0.554. The van der Waals surface area contributed by atoms with Gasteiger partial charge in [0, 0.05) is 29.5 Å². The van der Waals surface area contributed by atoms with Gasteiger partial charge >= 0.3 is 0 Å². The number of aliphatic hydroxyl groups is 2. The third-order valence-corrected chi connectivity index (χ3v) is 5.25. The van der Waals surface area contributed by atoms with Crippen molar-refractivity contribution in [2.45, 2.75) is 51.2 Å². The average molecular weight is 379 g/mol. The van der Waals surface area contributed by atoms with E-state index in [0.29, 0.717) is 37.3 Å².